The molecule has 0 unspecified atom stereocenters. The van der Waals surface area contributed by atoms with Gasteiger partial charge in [-0.05, 0) is 37.0 Å². The van der Waals surface area contributed by atoms with Crippen molar-refractivity contribution in [2.24, 2.45) is 0 Å². The van der Waals surface area contributed by atoms with Gasteiger partial charge in [0.2, 0.25) is 0 Å². The van der Waals surface area contributed by atoms with Gasteiger partial charge in [0.05, 0.1) is 0 Å². The number of rotatable bonds is 10. The number of carbonyl (C=O) groups is 1. The predicted octanol–water partition coefficient (Wildman–Crippen LogP) is 4.73. The Balaban J connectivity index is 2.25. The van der Waals surface area contributed by atoms with Gasteiger partial charge in [-0.25, -0.2) is 0 Å². The molecule has 0 bridgehead atoms. The maximum atomic E-state index is 11.9. The van der Waals surface area contributed by atoms with E-state index in [2.05, 4.69) is 31.3 Å². The molecule has 0 spiro atoms. The van der Waals surface area contributed by atoms with Crippen LogP contribution in [-0.4, -0.2) is 12.5 Å². The van der Waals surface area contributed by atoms with Crippen LogP contribution < -0.4 is 5.32 Å². The van der Waals surface area contributed by atoms with Crippen molar-refractivity contribution in [1.82, 2.24) is 5.32 Å². The van der Waals surface area contributed by atoms with Crippen LogP contribution in [0, 0.1) is 0 Å². The van der Waals surface area contributed by atoms with Gasteiger partial charge in [-0.1, -0.05) is 58.1 Å². The summed E-state index contributed by atoms with van der Waals surface area (Å²) >= 11 is 0. The summed E-state index contributed by atoms with van der Waals surface area (Å²) in [5.41, 5.74) is 2.10. The first-order chi connectivity index (χ1) is 9.77. The van der Waals surface area contributed by atoms with E-state index in [-0.39, 0.29) is 5.91 Å². The molecule has 0 aliphatic heterocycles. The molecular weight excluding hydrogens is 246 g/mol. The van der Waals surface area contributed by atoms with Crippen LogP contribution in [-0.2, 0) is 6.42 Å². The van der Waals surface area contributed by atoms with E-state index in [4.69, 9.17) is 0 Å². The fourth-order valence-corrected chi connectivity index (χ4v) is 2.24. The zero-order valence-corrected chi connectivity index (χ0v) is 13.1. The minimum atomic E-state index is 0.0579. The van der Waals surface area contributed by atoms with Gasteiger partial charge in [0.1, 0.15) is 0 Å². The molecule has 1 aromatic carbocycles. The molecule has 1 aromatic rings. The summed E-state index contributed by atoms with van der Waals surface area (Å²) in [6.45, 7) is 5.20. The molecule has 0 aliphatic rings. The van der Waals surface area contributed by atoms with Crippen molar-refractivity contribution < 1.29 is 4.79 Å². The zero-order valence-electron chi connectivity index (χ0n) is 13.1. The van der Waals surface area contributed by atoms with Gasteiger partial charge < -0.3 is 5.32 Å². The summed E-state index contributed by atoms with van der Waals surface area (Å²) in [6.07, 6.45) is 9.66. The smallest absolute Gasteiger partial charge is 0.251 e. The molecule has 2 heteroatoms. The summed E-state index contributed by atoms with van der Waals surface area (Å²) in [4.78, 5) is 11.9. The SMILES string of the molecule is CCCCCCCNC(=O)c1ccc(CCCC)cc1. The van der Waals surface area contributed by atoms with Crippen molar-refractivity contribution in [3.05, 3.63) is 35.4 Å². The van der Waals surface area contributed by atoms with E-state index < -0.39 is 0 Å². The molecule has 0 atom stereocenters. The standard InChI is InChI=1S/C18H29NO/c1-3-5-7-8-9-15-19-18(20)17-13-11-16(12-14-17)10-6-4-2/h11-14H,3-10,15H2,1-2H3,(H,19,20). The summed E-state index contributed by atoms with van der Waals surface area (Å²) in [6, 6.07) is 8.03. The van der Waals surface area contributed by atoms with E-state index in [0.717, 1.165) is 24.9 Å². The fourth-order valence-electron chi connectivity index (χ4n) is 2.24. The summed E-state index contributed by atoms with van der Waals surface area (Å²) in [7, 11) is 0. The third-order valence-corrected chi connectivity index (χ3v) is 3.60. The fraction of sp³-hybridized carbons (Fsp3) is 0.611. The molecule has 1 amide bonds. The lowest BCUT2D eigenvalue weighted by molar-refractivity contribution is 0.0953. The van der Waals surface area contributed by atoms with Crippen molar-refractivity contribution in [2.45, 2.75) is 65.2 Å². The molecular formula is C18H29NO. The van der Waals surface area contributed by atoms with Crippen LogP contribution in [0.4, 0.5) is 0 Å². The van der Waals surface area contributed by atoms with Crippen molar-refractivity contribution in [2.75, 3.05) is 6.54 Å². The first-order valence-electron chi connectivity index (χ1n) is 8.15. The van der Waals surface area contributed by atoms with Crippen LogP contribution in [0.5, 0.6) is 0 Å². The molecule has 0 radical (unpaired) electrons. The highest BCUT2D eigenvalue weighted by molar-refractivity contribution is 5.94. The second-order valence-corrected chi connectivity index (χ2v) is 5.47. The van der Waals surface area contributed by atoms with Crippen LogP contribution >= 0.6 is 0 Å². The lowest BCUT2D eigenvalue weighted by Crippen LogP contribution is -2.24. The summed E-state index contributed by atoms with van der Waals surface area (Å²) < 4.78 is 0. The number of hydrogen-bond acceptors (Lipinski definition) is 1. The Bertz CT molecular complexity index is 370. The molecule has 0 saturated heterocycles. The van der Waals surface area contributed by atoms with E-state index in [9.17, 15) is 4.79 Å². The second-order valence-electron chi connectivity index (χ2n) is 5.47. The topological polar surface area (TPSA) is 29.1 Å². The third kappa shape index (κ3) is 6.74. The van der Waals surface area contributed by atoms with Gasteiger partial charge in [-0.15, -0.1) is 0 Å². The van der Waals surface area contributed by atoms with Crippen LogP contribution in [0.3, 0.4) is 0 Å². The number of benzene rings is 1. The monoisotopic (exact) mass is 275 g/mol. The molecule has 0 aliphatic carbocycles. The first kappa shape index (κ1) is 16.7. The maximum Gasteiger partial charge on any atom is 0.251 e. The van der Waals surface area contributed by atoms with E-state index >= 15 is 0 Å². The predicted molar refractivity (Wildman–Crippen MR) is 86.1 cm³/mol. The van der Waals surface area contributed by atoms with Gasteiger partial charge >= 0.3 is 0 Å². The second kappa shape index (κ2) is 10.5. The first-order valence-corrected chi connectivity index (χ1v) is 8.15. The van der Waals surface area contributed by atoms with E-state index in [1.165, 1.54) is 44.1 Å². The Hall–Kier alpha value is -1.31. The summed E-state index contributed by atoms with van der Waals surface area (Å²) in [5.74, 6) is 0.0579. The number of amides is 1. The Labute approximate surface area is 124 Å². The Morgan fingerprint density at radius 1 is 0.900 bits per heavy atom. The normalized spacial score (nSPS) is 10.5. The van der Waals surface area contributed by atoms with E-state index in [1.54, 1.807) is 0 Å². The molecule has 1 rings (SSSR count). The molecule has 0 heterocycles. The van der Waals surface area contributed by atoms with Gasteiger partial charge in [0.25, 0.3) is 5.91 Å². The van der Waals surface area contributed by atoms with Gasteiger partial charge in [-0.2, -0.15) is 0 Å². The Morgan fingerprint density at radius 3 is 2.20 bits per heavy atom. The third-order valence-electron chi connectivity index (χ3n) is 3.60. The number of aryl methyl sites for hydroxylation is 1. The lowest BCUT2D eigenvalue weighted by atomic mass is 10.1. The highest BCUT2D eigenvalue weighted by atomic mass is 16.1. The molecule has 0 aromatic heterocycles. The van der Waals surface area contributed by atoms with Crippen molar-refractivity contribution in [3.63, 3.8) is 0 Å². The minimum Gasteiger partial charge on any atom is -0.352 e. The number of nitrogens with one attached hydrogen (secondary N) is 1. The average molecular weight is 275 g/mol. The maximum absolute atomic E-state index is 11.9. The average Bonchev–Trinajstić information content (AvgIpc) is 2.49. The Morgan fingerprint density at radius 2 is 1.55 bits per heavy atom. The van der Waals surface area contributed by atoms with Crippen LogP contribution in [0.25, 0.3) is 0 Å². The van der Waals surface area contributed by atoms with Crippen LogP contribution in [0.2, 0.25) is 0 Å². The highest BCUT2D eigenvalue weighted by Gasteiger charge is 2.04. The molecule has 0 saturated carbocycles. The van der Waals surface area contributed by atoms with Crippen molar-refractivity contribution in [3.8, 4) is 0 Å². The van der Waals surface area contributed by atoms with E-state index in [1.807, 2.05) is 12.1 Å². The van der Waals surface area contributed by atoms with Gasteiger partial charge in [0, 0.05) is 12.1 Å². The van der Waals surface area contributed by atoms with Crippen LogP contribution in [0.1, 0.15) is 74.7 Å². The quantitative estimate of drug-likeness (QED) is 0.614. The van der Waals surface area contributed by atoms with Gasteiger partial charge in [-0.3, -0.25) is 4.79 Å². The van der Waals surface area contributed by atoms with Gasteiger partial charge in [0.15, 0.2) is 0 Å². The molecule has 112 valence electrons. The minimum absolute atomic E-state index is 0.0579. The summed E-state index contributed by atoms with van der Waals surface area (Å²) in [5, 5.41) is 3.00. The number of carbonyl (C=O) groups excluding carboxylic acids is 1. The van der Waals surface area contributed by atoms with E-state index in [0.29, 0.717) is 0 Å². The molecule has 1 N–H and O–H groups in total. The van der Waals surface area contributed by atoms with Crippen molar-refractivity contribution in [1.29, 1.82) is 0 Å². The van der Waals surface area contributed by atoms with Crippen molar-refractivity contribution >= 4 is 5.91 Å². The highest BCUT2D eigenvalue weighted by Crippen LogP contribution is 2.08. The molecule has 0 fully saturated rings. The zero-order chi connectivity index (χ0) is 14.6. The molecule has 20 heavy (non-hydrogen) atoms. The van der Waals surface area contributed by atoms with Crippen LogP contribution in [0.15, 0.2) is 24.3 Å². The Kier molecular flexibility index (Phi) is 8.77. The lowest BCUT2D eigenvalue weighted by Gasteiger charge is -2.06. The number of unbranched alkanes of at least 4 members (excludes halogenated alkanes) is 5. The number of hydrogen-bond donors (Lipinski definition) is 1. The molecule has 2 nitrogen and oxygen atoms in total. The largest absolute Gasteiger partial charge is 0.352 e.